The van der Waals surface area contributed by atoms with Crippen LogP contribution in [0.15, 0.2) is 60.7 Å². The molecule has 194 valence electrons. The molecular formula is C29H26ClFN4O3. The van der Waals surface area contributed by atoms with Gasteiger partial charge in [0.25, 0.3) is 5.91 Å². The number of nitrogens with zero attached hydrogens (tertiary/aromatic N) is 2. The maximum absolute atomic E-state index is 14.8. The van der Waals surface area contributed by atoms with E-state index in [1.165, 1.54) is 6.07 Å². The highest BCUT2D eigenvalue weighted by molar-refractivity contribution is 6.30. The van der Waals surface area contributed by atoms with Gasteiger partial charge in [-0.3, -0.25) is 14.7 Å². The molecule has 0 radical (unpaired) electrons. The molecule has 38 heavy (non-hydrogen) atoms. The largest absolute Gasteiger partial charge is 0.481 e. The van der Waals surface area contributed by atoms with Crippen LogP contribution < -0.4 is 5.32 Å². The first kappa shape index (κ1) is 26.8. The first-order chi connectivity index (χ1) is 18.3. The van der Waals surface area contributed by atoms with E-state index in [4.69, 9.17) is 16.7 Å². The zero-order valence-corrected chi connectivity index (χ0v) is 21.4. The number of hydrogen-bond acceptors (Lipinski definition) is 4. The van der Waals surface area contributed by atoms with Crippen molar-refractivity contribution in [3.8, 4) is 6.07 Å². The van der Waals surface area contributed by atoms with E-state index in [0.717, 1.165) is 24.0 Å². The second-order valence-electron chi connectivity index (χ2n) is 9.05. The first-order valence-corrected chi connectivity index (χ1v) is 12.6. The average molecular weight is 533 g/mol. The summed E-state index contributed by atoms with van der Waals surface area (Å²) in [5, 5.41) is 29.3. The summed E-state index contributed by atoms with van der Waals surface area (Å²) in [7, 11) is 0. The molecule has 3 N–H and O–H groups in total. The predicted octanol–water partition coefficient (Wildman–Crippen LogP) is 6.15. The number of rotatable bonds is 10. The number of aliphatic carboxylic acids is 1. The molecule has 0 aliphatic rings. The summed E-state index contributed by atoms with van der Waals surface area (Å²) in [6.45, 7) is 2.12. The normalized spacial score (nSPS) is 12.6. The van der Waals surface area contributed by atoms with Gasteiger partial charge in [-0.15, -0.1) is 0 Å². The number of carboxylic acid groups (broad SMARTS) is 1. The SMILES string of the molecule is CCCC(c1ccc(C(=O)NCCC(=O)O)cc1)C(c1ccc(Cl)cc1)c1[nH]nc2c(F)cc(C#N)cc12. The lowest BCUT2D eigenvalue weighted by Gasteiger charge is -2.28. The van der Waals surface area contributed by atoms with Crippen molar-refractivity contribution in [3.63, 3.8) is 0 Å². The standard InChI is InChI=1S/C29H26ClFN4O3/c1-2-3-22(18-4-6-20(7-5-18)29(38)33-13-12-25(36)37)26(19-8-10-21(30)11-9-19)28-23-14-17(16-32)15-24(31)27(23)34-35-28/h4-11,14-15,22,26H,2-3,12-13H2,1H3,(H,33,38)(H,34,35)(H,36,37). The minimum Gasteiger partial charge on any atom is -0.481 e. The van der Waals surface area contributed by atoms with Crippen LogP contribution in [0.4, 0.5) is 4.39 Å². The van der Waals surface area contributed by atoms with Gasteiger partial charge < -0.3 is 10.4 Å². The Labute approximate surface area is 224 Å². The molecule has 2 unspecified atom stereocenters. The fourth-order valence-electron chi connectivity index (χ4n) is 4.77. The van der Waals surface area contributed by atoms with Gasteiger partial charge in [0.05, 0.1) is 23.7 Å². The number of carboxylic acids is 1. The smallest absolute Gasteiger partial charge is 0.305 e. The summed E-state index contributed by atoms with van der Waals surface area (Å²) in [5.74, 6) is -2.26. The molecule has 0 fully saturated rings. The molecule has 1 aromatic heterocycles. The summed E-state index contributed by atoms with van der Waals surface area (Å²) in [6.07, 6.45) is 1.48. The molecule has 1 amide bonds. The lowest BCUT2D eigenvalue weighted by atomic mass is 9.76. The number of fused-ring (bicyclic) bond motifs is 1. The van der Waals surface area contributed by atoms with E-state index in [1.807, 2.05) is 30.3 Å². The molecule has 0 spiro atoms. The fraction of sp³-hybridized carbons (Fsp3) is 0.241. The number of halogens is 2. The number of carbonyl (C=O) groups is 2. The lowest BCUT2D eigenvalue weighted by molar-refractivity contribution is -0.136. The third kappa shape index (κ3) is 5.84. The topological polar surface area (TPSA) is 119 Å². The Hall–Kier alpha value is -4.22. The average Bonchev–Trinajstić information content (AvgIpc) is 3.33. The lowest BCUT2D eigenvalue weighted by Crippen LogP contribution is -2.26. The van der Waals surface area contributed by atoms with Gasteiger partial charge in [-0.2, -0.15) is 10.4 Å². The Kier molecular flexibility index (Phi) is 8.39. The first-order valence-electron chi connectivity index (χ1n) is 12.2. The van der Waals surface area contributed by atoms with E-state index < -0.39 is 11.8 Å². The van der Waals surface area contributed by atoms with E-state index in [0.29, 0.717) is 21.7 Å². The number of amides is 1. The van der Waals surface area contributed by atoms with E-state index in [1.54, 1.807) is 30.3 Å². The van der Waals surface area contributed by atoms with Gasteiger partial charge in [0.2, 0.25) is 0 Å². The van der Waals surface area contributed by atoms with E-state index in [-0.39, 0.29) is 41.8 Å². The van der Waals surface area contributed by atoms with Crippen LogP contribution in [0.25, 0.3) is 10.9 Å². The number of hydrogen-bond donors (Lipinski definition) is 3. The van der Waals surface area contributed by atoms with Crippen molar-refractivity contribution < 1.29 is 19.1 Å². The molecule has 4 rings (SSSR count). The van der Waals surface area contributed by atoms with Crippen LogP contribution >= 0.6 is 11.6 Å². The summed E-state index contributed by atoms with van der Waals surface area (Å²) in [5.41, 5.74) is 3.39. The molecule has 0 bridgehead atoms. The number of aromatic nitrogens is 2. The zero-order valence-electron chi connectivity index (χ0n) is 20.7. The van der Waals surface area contributed by atoms with Crippen LogP contribution in [-0.2, 0) is 4.79 Å². The monoisotopic (exact) mass is 532 g/mol. The van der Waals surface area contributed by atoms with Gasteiger partial charge in [0.1, 0.15) is 5.52 Å². The molecule has 7 nitrogen and oxygen atoms in total. The fourth-order valence-corrected chi connectivity index (χ4v) is 4.90. The molecule has 0 saturated heterocycles. The van der Waals surface area contributed by atoms with Crippen LogP contribution in [0.2, 0.25) is 5.02 Å². The molecular weight excluding hydrogens is 507 g/mol. The Morgan fingerprint density at radius 3 is 2.45 bits per heavy atom. The molecule has 9 heteroatoms. The number of nitriles is 1. The Balaban J connectivity index is 1.78. The maximum atomic E-state index is 14.8. The summed E-state index contributed by atoms with van der Waals surface area (Å²) in [6, 6.07) is 19.5. The third-order valence-corrected chi connectivity index (χ3v) is 6.79. The van der Waals surface area contributed by atoms with E-state index in [9.17, 15) is 19.2 Å². The highest BCUT2D eigenvalue weighted by Gasteiger charge is 2.30. The van der Waals surface area contributed by atoms with Gasteiger partial charge in [-0.05, 0) is 59.9 Å². The minimum absolute atomic E-state index is 0.0428. The van der Waals surface area contributed by atoms with Crippen molar-refractivity contribution in [2.75, 3.05) is 6.54 Å². The Morgan fingerprint density at radius 1 is 1.13 bits per heavy atom. The second kappa shape index (κ2) is 11.9. The molecule has 2 atom stereocenters. The van der Waals surface area contributed by atoms with Crippen molar-refractivity contribution in [1.82, 2.24) is 15.5 Å². The third-order valence-electron chi connectivity index (χ3n) is 6.54. The molecule has 4 aromatic rings. The van der Waals surface area contributed by atoms with Crippen LogP contribution in [-0.4, -0.2) is 33.7 Å². The van der Waals surface area contributed by atoms with Crippen LogP contribution in [0, 0.1) is 17.1 Å². The van der Waals surface area contributed by atoms with Gasteiger partial charge in [-0.25, -0.2) is 4.39 Å². The number of carbonyl (C=O) groups excluding carboxylic acids is 1. The molecule has 0 saturated carbocycles. The molecule has 3 aromatic carbocycles. The quantitative estimate of drug-likeness (QED) is 0.226. The van der Waals surface area contributed by atoms with Crippen molar-refractivity contribution in [3.05, 3.63) is 99.5 Å². The van der Waals surface area contributed by atoms with Crippen molar-refractivity contribution in [2.24, 2.45) is 0 Å². The maximum Gasteiger partial charge on any atom is 0.305 e. The Morgan fingerprint density at radius 2 is 1.82 bits per heavy atom. The summed E-state index contributed by atoms with van der Waals surface area (Å²) < 4.78 is 14.8. The number of aromatic amines is 1. The van der Waals surface area contributed by atoms with Gasteiger partial charge >= 0.3 is 5.97 Å². The molecule has 1 heterocycles. The van der Waals surface area contributed by atoms with Crippen LogP contribution in [0.1, 0.15) is 70.8 Å². The summed E-state index contributed by atoms with van der Waals surface area (Å²) >= 11 is 6.18. The van der Waals surface area contributed by atoms with Crippen molar-refractivity contribution in [2.45, 2.75) is 38.0 Å². The minimum atomic E-state index is -0.982. The van der Waals surface area contributed by atoms with Gasteiger partial charge in [0.15, 0.2) is 5.82 Å². The number of nitrogens with one attached hydrogen (secondary N) is 2. The van der Waals surface area contributed by atoms with Crippen molar-refractivity contribution >= 4 is 34.4 Å². The highest BCUT2D eigenvalue weighted by atomic mass is 35.5. The van der Waals surface area contributed by atoms with Gasteiger partial charge in [-0.1, -0.05) is 49.2 Å². The zero-order chi connectivity index (χ0) is 27.2. The van der Waals surface area contributed by atoms with Crippen LogP contribution in [0.5, 0.6) is 0 Å². The molecule has 0 aliphatic heterocycles. The molecule has 0 aliphatic carbocycles. The highest BCUT2D eigenvalue weighted by Crippen LogP contribution is 2.43. The van der Waals surface area contributed by atoms with Crippen LogP contribution in [0.3, 0.4) is 0 Å². The Bertz CT molecular complexity index is 1490. The summed E-state index contributed by atoms with van der Waals surface area (Å²) in [4.78, 5) is 23.2. The number of benzene rings is 3. The van der Waals surface area contributed by atoms with Crippen molar-refractivity contribution in [1.29, 1.82) is 5.26 Å². The van der Waals surface area contributed by atoms with E-state index >= 15 is 0 Å². The van der Waals surface area contributed by atoms with E-state index in [2.05, 4.69) is 22.4 Å². The van der Waals surface area contributed by atoms with Gasteiger partial charge in [0, 0.05) is 28.4 Å². The predicted molar refractivity (Wildman–Crippen MR) is 143 cm³/mol. The number of H-pyrrole nitrogens is 1. The second-order valence-corrected chi connectivity index (χ2v) is 9.49.